The van der Waals surface area contributed by atoms with Crippen molar-refractivity contribution in [2.75, 3.05) is 26.2 Å². The van der Waals surface area contributed by atoms with Gasteiger partial charge in [-0.3, -0.25) is 4.79 Å². The molecule has 0 saturated carbocycles. The van der Waals surface area contributed by atoms with Crippen LogP contribution < -0.4 is 0 Å². The SMILES string of the molecule is CC1=C(N2C[C@H](O)C3(CCN(C(=O)OC(C)(C)C)CC3)C2=O)COC1=O. The first-order chi connectivity index (χ1) is 12.0. The van der Waals surface area contributed by atoms with Crippen LogP contribution in [0.5, 0.6) is 0 Å². The number of ether oxygens (including phenoxy) is 2. The molecule has 0 aromatic rings. The summed E-state index contributed by atoms with van der Waals surface area (Å²) in [6, 6.07) is 0. The molecule has 0 aromatic carbocycles. The van der Waals surface area contributed by atoms with Crippen molar-refractivity contribution in [3.8, 4) is 0 Å². The Morgan fingerprint density at radius 1 is 1.27 bits per heavy atom. The number of β-amino-alcohol motifs (C(OH)–C–C–N with tert-alkyl or cyclic N) is 1. The predicted molar refractivity (Wildman–Crippen MR) is 90.9 cm³/mol. The molecule has 0 unspecified atom stereocenters. The van der Waals surface area contributed by atoms with E-state index in [1.807, 2.05) is 0 Å². The minimum Gasteiger partial charge on any atom is -0.456 e. The Morgan fingerprint density at radius 2 is 1.88 bits per heavy atom. The van der Waals surface area contributed by atoms with Gasteiger partial charge in [-0.2, -0.15) is 0 Å². The number of piperidine rings is 1. The molecule has 1 N–H and O–H groups in total. The first kappa shape index (κ1) is 18.7. The van der Waals surface area contributed by atoms with Crippen molar-refractivity contribution in [1.29, 1.82) is 0 Å². The van der Waals surface area contributed by atoms with Gasteiger partial charge in [0.1, 0.15) is 12.2 Å². The maximum absolute atomic E-state index is 13.1. The molecular weight excluding hydrogens is 340 g/mol. The maximum atomic E-state index is 13.1. The van der Waals surface area contributed by atoms with Gasteiger partial charge in [0, 0.05) is 13.1 Å². The lowest BCUT2D eigenvalue weighted by Gasteiger charge is -2.39. The van der Waals surface area contributed by atoms with Crippen molar-refractivity contribution in [2.45, 2.75) is 52.2 Å². The fourth-order valence-electron chi connectivity index (χ4n) is 3.79. The number of aliphatic hydroxyl groups is 1. The number of hydrogen-bond donors (Lipinski definition) is 1. The zero-order valence-electron chi connectivity index (χ0n) is 15.7. The van der Waals surface area contributed by atoms with E-state index in [1.54, 1.807) is 32.6 Å². The van der Waals surface area contributed by atoms with Crippen molar-refractivity contribution < 1.29 is 29.0 Å². The van der Waals surface area contributed by atoms with Crippen molar-refractivity contribution in [3.63, 3.8) is 0 Å². The van der Waals surface area contributed by atoms with Gasteiger partial charge in [-0.05, 0) is 40.5 Å². The van der Waals surface area contributed by atoms with E-state index in [1.165, 1.54) is 4.90 Å². The molecule has 2 fully saturated rings. The van der Waals surface area contributed by atoms with Crippen LogP contribution in [0.4, 0.5) is 4.79 Å². The summed E-state index contributed by atoms with van der Waals surface area (Å²) in [6.45, 7) is 7.94. The molecule has 1 spiro atoms. The van der Waals surface area contributed by atoms with Crippen molar-refractivity contribution >= 4 is 18.0 Å². The monoisotopic (exact) mass is 366 g/mol. The van der Waals surface area contributed by atoms with Crippen LogP contribution in [-0.2, 0) is 19.1 Å². The Bertz CT molecular complexity index is 670. The first-order valence-corrected chi connectivity index (χ1v) is 8.90. The number of hydrogen-bond acceptors (Lipinski definition) is 6. The third-order valence-electron chi connectivity index (χ3n) is 5.38. The van der Waals surface area contributed by atoms with Crippen LogP contribution in [0.1, 0.15) is 40.5 Å². The van der Waals surface area contributed by atoms with Crippen molar-refractivity contribution in [1.82, 2.24) is 9.80 Å². The van der Waals surface area contributed by atoms with Gasteiger partial charge >= 0.3 is 12.1 Å². The lowest BCUT2D eigenvalue weighted by Crippen LogP contribution is -2.50. The summed E-state index contributed by atoms with van der Waals surface area (Å²) in [7, 11) is 0. The van der Waals surface area contributed by atoms with Crippen molar-refractivity contribution in [2.24, 2.45) is 5.41 Å². The smallest absolute Gasteiger partial charge is 0.410 e. The summed E-state index contributed by atoms with van der Waals surface area (Å²) in [4.78, 5) is 39.9. The largest absolute Gasteiger partial charge is 0.456 e. The molecule has 3 aliphatic rings. The highest BCUT2D eigenvalue weighted by Gasteiger charge is 2.56. The Balaban J connectivity index is 1.71. The second kappa shape index (κ2) is 6.26. The van der Waals surface area contributed by atoms with E-state index < -0.39 is 29.2 Å². The highest BCUT2D eigenvalue weighted by molar-refractivity contribution is 5.94. The van der Waals surface area contributed by atoms with E-state index in [0.717, 1.165) is 0 Å². The minimum atomic E-state index is -0.919. The molecule has 0 bridgehead atoms. The zero-order valence-corrected chi connectivity index (χ0v) is 15.7. The molecule has 0 aliphatic carbocycles. The van der Waals surface area contributed by atoms with Crippen LogP contribution in [0.15, 0.2) is 11.3 Å². The number of carbonyl (C=O) groups is 3. The number of nitrogens with zero attached hydrogens (tertiary/aromatic N) is 2. The van der Waals surface area contributed by atoms with E-state index in [9.17, 15) is 19.5 Å². The predicted octanol–water partition coefficient (Wildman–Crippen LogP) is 1.04. The van der Waals surface area contributed by atoms with Gasteiger partial charge in [0.15, 0.2) is 0 Å². The number of rotatable bonds is 1. The van der Waals surface area contributed by atoms with E-state index in [4.69, 9.17) is 9.47 Å². The average Bonchev–Trinajstić information content (AvgIpc) is 2.99. The van der Waals surface area contributed by atoms with Gasteiger partial charge in [-0.15, -0.1) is 0 Å². The third kappa shape index (κ3) is 3.06. The zero-order chi connectivity index (χ0) is 19.3. The quantitative estimate of drug-likeness (QED) is 0.697. The fourth-order valence-corrected chi connectivity index (χ4v) is 3.79. The minimum absolute atomic E-state index is 0.0588. The molecule has 3 rings (SSSR count). The lowest BCUT2D eigenvalue weighted by molar-refractivity contribution is -0.140. The summed E-state index contributed by atoms with van der Waals surface area (Å²) < 4.78 is 10.4. The summed E-state index contributed by atoms with van der Waals surface area (Å²) >= 11 is 0. The molecule has 1 atom stereocenters. The van der Waals surface area contributed by atoms with Crippen LogP contribution in [0.3, 0.4) is 0 Å². The van der Waals surface area contributed by atoms with Crippen LogP contribution in [0.25, 0.3) is 0 Å². The number of cyclic esters (lactones) is 1. The maximum Gasteiger partial charge on any atom is 0.410 e. The molecule has 0 aromatic heterocycles. The van der Waals surface area contributed by atoms with Crippen LogP contribution >= 0.6 is 0 Å². The molecule has 2 amide bonds. The molecule has 0 radical (unpaired) electrons. The molecule has 26 heavy (non-hydrogen) atoms. The number of amides is 2. The van der Waals surface area contributed by atoms with E-state index in [2.05, 4.69) is 0 Å². The van der Waals surface area contributed by atoms with Crippen LogP contribution in [0, 0.1) is 5.41 Å². The summed E-state index contributed by atoms with van der Waals surface area (Å²) in [5.74, 6) is -0.621. The van der Waals surface area contributed by atoms with Crippen LogP contribution in [-0.4, -0.2) is 70.8 Å². The molecular formula is C18H26N2O6. The number of esters is 1. The summed E-state index contributed by atoms with van der Waals surface area (Å²) in [6.07, 6.45) is -0.516. The molecule has 8 nitrogen and oxygen atoms in total. The molecule has 8 heteroatoms. The van der Waals surface area contributed by atoms with E-state index in [-0.39, 0.29) is 19.1 Å². The van der Waals surface area contributed by atoms with Crippen molar-refractivity contribution in [3.05, 3.63) is 11.3 Å². The lowest BCUT2D eigenvalue weighted by atomic mass is 9.75. The fraction of sp³-hybridized carbons (Fsp3) is 0.722. The van der Waals surface area contributed by atoms with Gasteiger partial charge in [-0.1, -0.05) is 0 Å². The first-order valence-electron chi connectivity index (χ1n) is 8.90. The number of likely N-dealkylation sites (tertiary alicyclic amines) is 2. The highest BCUT2D eigenvalue weighted by atomic mass is 16.6. The standard InChI is InChI=1S/C18H26N2O6/c1-11-12(10-25-14(11)22)20-9-13(21)18(15(20)23)5-7-19(8-6-18)16(24)26-17(2,3)4/h13,21H,5-10H2,1-4H3/t13-/m0/s1. The number of aliphatic hydroxyl groups excluding tert-OH is 1. The Kier molecular flexibility index (Phi) is 4.50. The number of carbonyl (C=O) groups excluding carboxylic acids is 3. The molecule has 3 aliphatic heterocycles. The third-order valence-corrected chi connectivity index (χ3v) is 5.38. The van der Waals surface area contributed by atoms with E-state index in [0.29, 0.717) is 37.2 Å². The van der Waals surface area contributed by atoms with Gasteiger partial charge < -0.3 is 24.4 Å². The molecule has 2 saturated heterocycles. The average molecular weight is 366 g/mol. The molecule has 3 heterocycles. The normalized spacial score (nSPS) is 26.0. The Hall–Kier alpha value is -2.09. The highest BCUT2D eigenvalue weighted by Crippen LogP contribution is 2.44. The van der Waals surface area contributed by atoms with Gasteiger partial charge in [0.2, 0.25) is 5.91 Å². The molecule has 144 valence electrons. The Morgan fingerprint density at radius 3 is 2.38 bits per heavy atom. The Labute approximate surface area is 152 Å². The summed E-state index contributed by atoms with van der Waals surface area (Å²) in [5.41, 5.74) is -0.554. The summed E-state index contributed by atoms with van der Waals surface area (Å²) in [5, 5.41) is 10.6. The second-order valence-electron chi connectivity index (χ2n) is 8.20. The van der Waals surface area contributed by atoms with E-state index >= 15 is 0 Å². The van der Waals surface area contributed by atoms with Gasteiger partial charge in [0.05, 0.1) is 29.3 Å². The van der Waals surface area contributed by atoms with Crippen LogP contribution in [0.2, 0.25) is 0 Å². The van der Waals surface area contributed by atoms with Gasteiger partial charge in [-0.25, -0.2) is 9.59 Å². The van der Waals surface area contributed by atoms with Gasteiger partial charge in [0.25, 0.3) is 0 Å². The second-order valence-corrected chi connectivity index (χ2v) is 8.20. The topological polar surface area (TPSA) is 96.4 Å².